The molecule has 0 fully saturated rings. The fourth-order valence-electron chi connectivity index (χ4n) is 1.89. The Balaban J connectivity index is 2.43. The lowest BCUT2D eigenvalue weighted by atomic mass is 10.3. The molecule has 1 aromatic carbocycles. The maximum Gasteiger partial charge on any atom is 0.283 e. The average Bonchev–Trinajstić information content (AvgIpc) is 2.79. The molecule has 0 unspecified atom stereocenters. The van der Waals surface area contributed by atoms with E-state index < -0.39 is 10.0 Å². The lowest BCUT2D eigenvalue weighted by Crippen LogP contribution is -2.26. The van der Waals surface area contributed by atoms with Crippen LogP contribution < -0.4 is 4.31 Å². The van der Waals surface area contributed by atoms with Gasteiger partial charge in [0, 0.05) is 25.9 Å². The standard InChI is InChI=1S/C13H17N3O3S/c1-4-16-9-13(14-10(16)2)20(18,19)15(3)11-6-5-7-12(17)8-11/h5-9,17H,4H2,1-3H3. The number of imidazole rings is 1. The number of sulfonamides is 1. The van der Waals surface area contributed by atoms with Gasteiger partial charge in [-0.05, 0) is 26.0 Å². The predicted molar refractivity (Wildman–Crippen MR) is 76.3 cm³/mol. The van der Waals surface area contributed by atoms with Crippen molar-refractivity contribution < 1.29 is 13.5 Å². The largest absolute Gasteiger partial charge is 0.508 e. The van der Waals surface area contributed by atoms with Crippen molar-refractivity contribution in [2.75, 3.05) is 11.4 Å². The van der Waals surface area contributed by atoms with E-state index in [1.807, 2.05) is 6.92 Å². The van der Waals surface area contributed by atoms with Crippen LogP contribution in [0.5, 0.6) is 5.75 Å². The van der Waals surface area contributed by atoms with Gasteiger partial charge >= 0.3 is 0 Å². The van der Waals surface area contributed by atoms with Crippen molar-refractivity contribution in [1.82, 2.24) is 9.55 Å². The Labute approximate surface area is 118 Å². The second kappa shape index (κ2) is 5.16. The van der Waals surface area contributed by atoms with Gasteiger partial charge in [-0.25, -0.2) is 4.98 Å². The fraction of sp³-hybridized carbons (Fsp3) is 0.308. The Bertz CT molecular complexity index is 722. The first-order valence-electron chi connectivity index (χ1n) is 6.18. The molecule has 2 rings (SSSR count). The minimum absolute atomic E-state index is 0.00249. The summed E-state index contributed by atoms with van der Waals surface area (Å²) in [5.41, 5.74) is 0.383. The van der Waals surface area contributed by atoms with E-state index >= 15 is 0 Å². The molecule has 1 aromatic heterocycles. The number of phenolic OH excluding ortho intramolecular Hbond substituents is 1. The molecule has 20 heavy (non-hydrogen) atoms. The van der Waals surface area contributed by atoms with Gasteiger partial charge < -0.3 is 9.67 Å². The van der Waals surface area contributed by atoms with E-state index in [0.717, 1.165) is 4.31 Å². The van der Waals surface area contributed by atoms with Crippen LogP contribution in [0.15, 0.2) is 35.5 Å². The zero-order valence-corrected chi connectivity index (χ0v) is 12.4. The topological polar surface area (TPSA) is 75.4 Å². The van der Waals surface area contributed by atoms with Gasteiger partial charge in [0.1, 0.15) is 11.6 Å². The molecule has 0 radical (unpaired) electrons. The molecule has 0 aliphatic heterocycles. The van der Waals surface area contributed by atoms with Gasteiger partial charge in [0.05, 0.1) is 5.69 Å². The van der Waals surface area contributed by atoms with Crippen molar-refractivity contribution >= 4 is 15.7 Å². The molecule has 108 valence electrons. The van der Waals surface area contributed by atoms with E-state index in [2.05, 4.69) is 4.98 Å². The first kappa shape index (κ1) is 14.4. The van der Waals surface area contributed by atoms with Crippen molar-refractivity contribution in [2.24, 2.45) is 0 Å². The number of nitrogens with zero attached hydrogens (tertiary/aromatic N) is 3. The number of hydrogen-bond acceptors (Lipinski definition) is 4. The number of aryl methyl sites for hydroxylation is 2. The normalized spacial score (nSPS) is 11.6. The zero-order chi connectivity index (χ0) is 14.9. The summed E-state index contributed by atoms with van der Waals surface area (Å²) in [6.07, 6.45) is 1.52. The van der Waals surface area contributed by atoms with Crippen molar-refractivity contribution in [3.05, 3.63) is 36.3 Å². The van der Waals surface area contributed by atoms with Crippen molar-refractivity contribution in [3.63, 3.8) is 0 Å². The van der Waals surface area contributed by atoms with Crippen LogP contribution in [0.1, 0.15) is 12.7 Å². The number of benzene rings is 1. The lowest BCUT2D eigenvalue weighted by molar-refractivity contribution is 0.475. The molecule has 0 saturated carbocycles. The minimum Gasteiger partial charge on any atom is -0.508 e. The van der Waals surface area contributed by atoms with Gasteiger partial charge in [-0.1, -0.05) is 6.07 Å². The Hall–Kier alpha value is -2.02. The van der Waals surface area contributed by atoms with Gasteiger partial charge in [0.2, 0.25) is 0 Å². The van der Waals surface area contributed by atoms with Crippen molar-refractivity contribution in [2.45, 2.75) is 25.4 Å². The van der Waals surface area contributed by atoms with Crippen LogP contribution in [0, 0.1) is 6.92 Å². The predicted octanol–water partition coefficient (Wildman–Crippen LogP) is 1.74. The smallest absolute Gasteiger partial charge is 0.283 e. The van der Waals surface area contributed by atoms with Gasteiger partial charge in [0.25, 0.3) is 10.0 Å². The summed E-state index contributed by atoms with van der Waals surface area (Å²) in [4.78, 5) is 4.09. The minimum atomic E-state index is -3.73. The quantitative estimate of drug-likeness (QED) is 0.932. The average molecular weight is 295 g/mol. The number of phenols is 1. The first-order chi connectivity index (χ1) is 9.36. The number of aromatic hydroxyl groups is 1. The molecular weight excluding hydrogens is 278 g/mol. The van der Waals surface area contributed by atoms with E-state index in [1.54, 1.807) is 23.6 Å². The molecule has 0 bridgehead atoms. The second-order valence-corrected chi connectivity index (χ2v) is 6.32. The number of rotatable bonds is 4. The molecule has 0 aliphatic carbocycles. The highest BCUT2D eigenvalue weighted by Gasteiger charge is 2.25. The molecule has 0 amide bonds. The van der Waals surface area contributed by atoms with E-state index in [9.17, 15) is 13.5 Å². The Morgan fingerprint density at radius 2 is 2.10 bits per heavy atom. The van der Waals surface area contributed by atoms with E-state index in [-0.39, 0.29) is 10.8 Å². The summed E-state index contributed by atoms with van der Waals surface area (Å²) in [7, 11) is -2.30. The monoisotopic (exact) mass is 295 g/mol. The Morgan fingerprint density at radius 1 is 1.40 bits per heavy atom. The molecule has 1 heterocycles. The Morgan fingerprint density at radius 3 is 2.65 bits per heavy atom. The fourth-order valence-corrected chi connectivity index (χ4v) is 3.07. The van der Waals surface area contributed by atoms with Gasteiger partial charge in [-0.3, -0.25) is 4.31 Å². The summed E-state index contributed by atoms with van der Waals surface area (Å²) in [6, 6.07) is 6.08. The van der Waals surface area contributed by atoms with Crippen molar-refractivity contribution in [3.8, 4) is 5.75 Å². The van der Waals surface area contributed by atoms with Crippen molar-refractivity contribution in [1.29, 1.82) is 0 Å². The maximum atomic E-state index is 12.5. The molecule has 0 spiro atoms. The summed E-state index contributed by atoms with van der Waals surface area (Å²) < 4.78 is 27.9. The van der Waals surface area contributed by atoms with Gasteiger partial charge in [-0.2, -0.15) is 8.42 Å². The van der Waals surface area contributed by atoms with Gasteiger partial charge in [-0.15, -0.1) is 0 Å². The molecular formula is C13H17N3O3S. The zero-order valence-electron chi connectivity index (χ0n) is 11.6. The van der Waals surface area contributed by atoms with Crippen LogP contribution in [0.2, 0.25) is 0 Å². The number of aromatic nitrogens is 2. The first-order valence-corrected chi connectivity index (χ1v) is 7.62. The summed E-state index contributed by atoms with van der Waals surface area (Å²) >= 11 is 0. The molecule has 0 saturated heterocycles. The van der Waals surface area contributed by atoms with Crippen LogP contribution in [0.4, 0.5) is 5.69 Å². The summed E-state index contributed by atoms with van der Waals surface area (Å²) in [6.45, 7) is 4.34. The van der Waals surface area contributed by atoms with E-state index in [0.29, 0.717) is 18.1 Å². The molecule has 0 atom stereocenters. The summed E-state index contributed by atoms with van der Waals surface area (Å²) in [5.74, 6) is 0.662. The molecule has 2 aromatic rings. The Kier molecular flexibility index (Phi) is 3.71. The molecule has 1 N–H and O–H groups in total. The number of hydrogen-bond donors (Lipinski definition) is 1. The molecule has 0 aliphatic rings. The maximum absolute atomic E-state index is 12.5. The second-order valence-electron chi connectivity index (χ2n) is 4.40. The molecule has 7 heteroatoms. The van der Waals surface area contributed by atoms with E-state index in [4.69, 9.17) is 0 Å². The van der Waals surface area contributed by atoms with Crippen LogP contribution in [-0.4, -0.2) is 30.1 Å². The van der Waals surface area contributed by atoms with Crippen LogP contribution in [0.3, 0.4) is 0 Å². The highest BCUT2D eigenvalue weighted by atomic mass is 32.2. The third kappa shape index (κ3) is 2.49. The SMILES string of the molecule is CCn1cc(S(=O)(=O)N(C)c2cccc(O)c2)nc1C. The highest BCUT2D eigenvalue weighted by Crippen LogP contribution is 2.24. The number of anilines is 1. The summed E-state index contributed by atoms with van der Waals surface area (Å²) in [5, 5.41) is 9.45. The third-order valence-corrected chi connectivity index (χ3v) is 4.77. The highest BCUT2D eigenvalue weighted by molar-refractivity contribution is 7.92. The lowest BCUT2D eigenvalue weighted by Gasteiger charge is -2.18. The van der Waals surface area contributed by atoms with Crippen LogP contribution >= 0.6 is 0 Å². The van der Waals surface area contributed by atoms with Crippen LogP contribution in [-0.2, 0) is 16.6 Å². The van der Waals surface area contributed by atoms with Crippen LogP contribution in [0.25, 0.3) is 0 Å². The van der Waals surface area contributed by atoms with E-state index in [1.165, 1.54) is 25.4 Å². The molecule has 6 nitrogen and oxygen atoms in total. The van der Waals surface area contributed by atoms with Gasteiger partial charge in [0.15, 0.2) is 5.03 Å². The third-order valence-electron chi connectivity index (χ3n) is 3.11.